The number of rotatable bonds is 5. The Bertz CT molecular complexity index is 575. The molecule has 3 N–H and O–H groups in total. The molecule has 1 saturated heterocycles. The van der Waals surface area contributed by atoms with Crippen molar-refractivity contribution >= 4 is 57.4 Å². The number of hydrogen-bond donors (Lipinski definition) is 2. The third-order valence-electron chi connectivity index (χ3n) is 3.04. The molecule has 22 heavy (non-hydrogen) atoms. The Kier molecular flexibility index (Phi) is 8.50. The lowest BCUT2D eigenvalue weighted by molar-refractivity contribution is 0.444. The average molecular weight is 456 g/mol. The molecule has 1 aromatic rings. The highest BCUT2D eigenvalue weighted by atomic mass is 127. The molecule has 0 saturated carbocycles. The summed E-state index contributed by atoms with van der Waals surface area (Å²) >= 11 is 1.78. The van der Waals surface area contributed by atoms with Gasteiger partial charge in [-0.1, -0.05) is 18.2 Å². The van der Waals surface area contributed by atoms with E-state index in [1.165, 1.54) is 0 Å². The second-order valence-electron chi connectivity index (χ2n) is 4.59. The van der Waals surface area contributed by atoms with Crippen LogP contribution in [0.2, 0.25) is 0 Å². The molecule has 6 nitrogen and oxygen atoms in total. The van der Waals surface area contributed by atoms with Crippen LogP contribution in [-0.4, -0.2) is 55.6 Å². The summed E-state index contributed by atoms with van der Waals surface area (Å²) in [5.41, 5.74) is 6.57. The van der Waals surface area contributed by atoms with Crippen molar-refractivity contribution in [2.45, 2.75) is 0 Å². The van der Waals surface area contributed by atoms with Crippen molar-refractivity contribution < 1.29 is 8.42 Å². The summed E-state index contributed by atoms with van der Waals surface area (Å²) < 4.78 is 25.8. The van der Waals surface area contributed by atoms with Gasteiger partial charge in [-0.2, -0.15) is 11.8 Å². The maximum absolute atomic E-state index is 12.1. The number of nitrogens with zero attached hydrogens (tertiary/aromatic N) is 2. The van der Waals surface area contributed by atoms with Gasteiger partial charge in [0.2, 0.25) is 10.0 Å². The van der Waals surface area contributed by atoms with E-state index in [1.807, 2.05) is 30.3 Å². The number of para-hydroxylation sites is 1. The smallest absolute Gasteiger partial charge is 0.215 e. The number of halogens is 1. The molecule has 2 rings (SSSR count). The van der Waals surface area contributed by atoms with Crippen molar-refractivity contribution in [1.29, 1.82) is 0 Å². The molecule has 0 spiro atoms. The minimum Gasteiger partial charge on any atom is -0.370 e. The molecule has 0 bridgehead atoms. The SMILES string of the molecule is I.NC(=NCCS(=O)(=O)N1CCSCC1)Nc1ccccc1. The van der Waals surface area contributed by atoms with Crippen LogP contribution in [0.15, 0.2) is 35.3 Å². The maximum atomic E-state index is 12.1. The maximum Gasteiger partial charge on any atom is 0.215 e. The minimum atomic E-state index is -3.22. The Morgan fingerprint density at radius 2 is 1.91 bits per heavy atom. The monoisotopic (exact) mass is 456 g/mol. The summed E-state index contributed by atoms with van der Waals surface area (Å²) in [6.45, 7) is 1.35. The van der Waals surface area contributed by atoms with Crippen molar-refractivity contribution in [2.24, 2.45) is 10.7 Å². The van der Waals surface area contributed by atoms with Gasteiger partial charge in [-0.05, 0) is 12.1 Å². The zero-order valence-corrected chi connectivity index (χ0v) is 16.1. The quantitative estimate of drug-likeness (QED) is 0.398. The summed E-state index contributed by atoms with van der Waals surface area (Å²) in [4.78, 5) is 4.07. The highest BCUT2D eigenvalue weighted by molar-refractivity contribution is 14.0. The zero-order chi connectivity index (χ0) is 15.1. The highest BCUT2D eigenvalue weighted by Gasteiger charge is 2.23. The first-order chi connectivity index (χ1) is 10.1. The Balaban J connectivity index is 0.00000242. The van der Waals surface area contributed by atoms with E-state index in [-0.39, 0.29) is 42.2 Å². The third kappa shape index (κ3) is 6.31. The average Bonchev–Trinajstić information content (AvgIpc) is 2.49. The predicted octanol–water partition coefficient (Wildman–Crippen LogP) is 1.41. The molecular weight excluding hydrogens is 435 g/mol. The molecule has 1 aliphatic heterocycles. The van der Waals surface area contributed by atoms with E-state index in [0.29, 0.717) is 13.1 Å². The highest BCUT2D eigenvalue weighted by Crippen LogP contribution is 2.13. The van der Waals surface area contributed by atoms with E-state index < -0.39 is 10.0 Å². The Hall–Kier alpha value is -0.520. The molecule has 0 atom stereocenters. The molecule has 124 valence electrons. The van der Waals surface area contributed by atoms with Crippen molar-refractivity contribution in [1.82, 2.24) is 4.31 Å². The molecule has 1 aliphatic rings. The summed E-state index contributed by atoms with van der Waals surface area (Å²) in [6, 6.07) is 9.40. The summed E-state index contributed by atoms with van der Waals surface area (Å²) in [5, 5.41) is 2.92. The van der Waals surface area contributed by atoms with E-state index in [2.05, 4.69) is 10.3 Å². The van der Waals surface area contributed by atoms with Gasteiger partial charge in [-0.25, -0.2) is 12.7 Å². The van der Waals surface area contributed by atoms with E-state index in [1.54, 1.807) is 16.1 Å². The molecule has 0 amide bonds. The molecule has 1 aromatic carbocycles. The topological polar surface area (TPSA) is 87.8 Å². The van der Waals surface area contributed by atoms with Crippen LogP contribution < -0.4 is 11.1 Å². The summed E-state index contributed by atoms with van der Waals surface area (Å²) in [7, 11) is -3.22. The number of nitrogens with two attached hydrogens (primary N) is 1. The minimum absolute atomic E-state index is 0. The van der Waals surface area contributed by atoms with E-state index >= 15 is 0 Å². The van der Waals surface area contributed by atoms with Crippen molar-refractivity contribution in [2.75, 3.05) is 42.2 Å². The van der Waals surface area contributed by atoms with Gasteiger partial charge in [0.05, 0.1) is 12.3 Å². The number of guanidine groups is 1. The van der Waals surface area contributed by atoms with Gasteiger partial charge in [-0.15, -0.1) is 24.0 Å². The lowest BCUT2D eigenvalue weighted by atomic mass is 10.3. The van der Waals surface area contributed by atoms with Gasteiger partial charge in [0.1, 0.15) is 0 Å². The third-order valence-corrected chi connectivity index (χ3v) is 5.83. The molecule has 0 aromatic heterocycles. The summed E-state index contributed by atoms with van der Waals surface area (Å²) in [6.07, 6.45) is 0. The number of sulfonamides is 1. The van der Waals surface area contributed by atoms with Crippen LogP contribution in [0.25, 0.3) is 0 Å². The first-order valence-corrected chi connectivity index (χ1v) is 9.52. The Morgan fingerprint density at radius 1 is 1.27 bits per heavy atom. The second kappa shape index (κ2) is 9.58. The standard InChI is InChI=1S/C13H20N4O2S2.HI/c14-13(16-12-4-2-1-3-5-12)15-6-11-21(18,19)17-7-9-20-10-8-17;/h1-5H,6-11H2,(H3,14,15,16);1H. The lowest BCUT2D eigenvalue weighted by Gasteiger charge is -2.25. The lowest BCUT2D eigenvalue weighted by Crippen LogP contribution is -2.40. The van der Waals surface area contributed by atoms with Crippen LogP contribution in [-0.2, 0) is 10.0 Å². The van der Waals surface area contributed by atoms with E-state index in [9.17, 15) is 8.42 Å². The fraction of sp³-hybridized carbons (Fsp3) is 0.462. The molecule has 1 heterocycles. The number of anilines is 1. The molecule has 0 unspecified atom stereocenters. The number of aliphatic imine (C=N–C) groups is 1. The Morgan fingerprint density at radius 3 is 2.55 bits per heavy atom. The van der Waals surface area contributed by atoms with E-state index in [4.69, 9.17) is 5.73 Å². The number of thioether (sulfide) groups is 1. The van der Waals surface area contributed by atoms with Crippen molar-refractivity contribution in [3.05, 3.63) is 30.3 Å². The van der Waals surface area contributed by atoms with Crippen LogP contribution in [0, 0.1) is 0 Å². The van der Waals surface area contributed by atoms with Gasteiger partial charge >= 0.3 is 0 Å². The molecule has 9 heteroatoms. The fourth-order valence-corrected chi connectivity index (χ4v) is 4.40. The normalized spacial score (nSPS) is 16.8. The largest absolute Gasteiger partial charge is 0.370 e. The van der Waals surface area contributed by atoms with Gasteiger partial charge in [0, 0.05) is 30.3 Å². The molecule has 0 radical (unpaired) electrons. The van der Waals surface area contributed by atoms with Crippen LogP contribution in [0.3, 0.4) is 0 Å². The first-order valence-electron chi connectivity index (χ1n) is 6.75. The van der Waals surface area contributed by atoms with Gasteiger partial charge in [0.25, 0.3) is 0 Å². The first kappa shape index (κ1) is 19.5. The van der Waals surface area contributed by atoms with Gasteiger partial charge in [-0.3, -0.25) is 4.99 Å². The summed E-state index contributed by atoms with van der Waals surface area (Å²) in [5.74, 6) is 1.94. The van der Waals surface area contributed by atoms with Gasteiger partial charge in [0.15, 0.2) is 5.96 Å². The van der Waals surface area contributed by atoms with Crippen molar-refractivity contribution in [3.63, 3.8) is 0 Å². The second-order valence-corrected chi connectivity index (χ2v) is 7.90. The predicted molar refractivity (Wildman–Crippen MR) is 105 cm³/mol. The van der Waals surface area contributed by atoms with Crippen molar-refractivity contribution in [3.8, 4) is 0 Å². The number of benzene rings is 1. The van der Waals surface area contributed by atoms with Crippen LogP contribution >= 0.6 is 35.7 Å². The fourth-order valence-electron chi connectivity index (χ4n) is 1.94. The molecular formula is C13H21IN4O2S2. The zero-order valence-electron chi connectivity index (χ0n) is 12.1. The van der Waals surface area contributed by atoms with Crippen LogP contribution in [0.5, 0.6) is 0 Å². The molecule has 1 fully saturated rings. The van der Waals surface area contributed by atoms with Gasteiger partial charge < -0.3 is 11.1 Å². The van der Waals surface area contributed by atoms with Crippen LogP contribution in [0.4, 0.5) is 5.69 Å². The number of nitrogens with one attached hydrogen (secondary N) is 1. The molecule has 0 aliphatic carbocycles. The van der Waals surface area contributed by atoms with Crippen LogP contribution in [0.1, 0.15) is 0 Å². The van der Waals surface area contributed by atoms with E-state index in [0.717, 1.165) is 17.2 Å². The number of hydrogen-bond acceptors (Lipinski definition) is 4. The Labute approximate surface area is 153 Å².